The molecule has 1 aromatic carbocycles. The van der Waals surface area contributed by atoms with E-state index in [2.05, 4.69) is 0 Å². The van der Waals surface area contributed by atoms with Crippen molar-refractivity contribution in [1.82, 2.24) is 0 Å². The van der Waals surface area contributed by atoms with Gasteiger partial charge in [-0.2, -0.15) is 0 Å². The van der Waals surface area contributed by atoms with Crippen molar-refractivity contribution in [2.24, 2.45) is 5.92 Å². The maximum atomic E-state index is 12.2. The molecule has 1 aromatic rings. The number of esters is 1. The summed E-state index contributed by atoms with van der Waals surface area (Å²) in [6.07, 6.45) is 3.27. The van der Waals surface area contributed by atoms with Gasteiger partial charge in [0.1, 0.15) is 0 Å². The number of hydrogen-bond donors (Lipinski definition) is 0. The predicted octanol–water partition coefficient (Wildman–Crippen LogP) is 1.41. The van der Waals surface area contributed by atoms with Crippen LogP contribution in [0.5, 0.6) is 0 Å². The number of ether oxygens (including phenoxy) is 1. The van der Waals surface area contributed by atoms with Gasteiger partial charge in [0, 0.05) is 24.1 Å². The fourth-order valence-electron chi connectivity index (χ4n) is 3.33. The number of nitrogens with zero attached hydrogens (tertiary/aromatic N) is 1. The first-order valence-corrected chi connectivity index (χ1v) is 9.69. The lowest BCUT2D eigenvalue weighted by Gasteiger charge is -2.23. The second kappa shape index (κ2) is 6.39. The molecule has 0 radical (unpaired) electrons. The van der Waals surface area contributed by atoms with Gasteiger partial charge in [0.2, 0.25) is 5.91 Å². The lowest BCUT2D eigenvalue weighted by Crippen LogP contribution is -2.36. The van der Waals surface area contributed by atoms with Crippen LogP contribution in [-0.2, 0) is 24.2 Å². The summed E-state index contributed by atoms with van der Waals surface area (Å²) in [5, 5.41) is 0. The molecule has 3 rings (SSSR count). The molecule has 128 valence electrons. The van der Waals surface area contributed by atoms with Gasteiger partial charge in [0.15, 0.2) is 9.84 Å². The molecule has 2 unspecified atom stereocenters. The molecular weight excluding hydrogens is 330 g/mol. The summed E-state index contributed by atoms with van der Waals surface area (Å²) < 4.78 is 28.4. The fourth-order valence-corrected chi connectivity index (χ4v) is 5.40. The number of rotatable bonds is 4. The minimum absolute atomic E-state index is 0.0327. The van der Waals surface area contributed by atoms with E-state index in [-0.39, 0.29) is 35.8 Å². The van der Waals surface area contributed by atoms with Gasteiger partial charge >= 0.3 is 5.97 Å². The molecule has 24 heavy (non-hydrogen) atoms. The van der Waals surface area contributed by atoms with Crippen molar-refractivity contribution in [2.75, 3.05) is 23.0 Å². The van der Waals surface area contributed by atoms with Crippen LogP contribution in [0.1, 0.15) is 18.9 Å². The summed E-state index contributed by atoms with van der Waals surface area (Å²) in [5.41, 5.74) is 1.49. The third-order valence-corrected chi connectivity index (χ3v) is 6.13. The molecule has 0 bridgehead atoms. The number of hydrogen-bond acceptors (Lipinski definition) is 5. The van der Waals surface area contributed by atoms with Crippen LogP contribution in [0.4, 0.5) is 5.69 Å². The summed E-state index contributed by atoms with van der Waals surface area (Å²) in [6, 6.07) is 6.86. The molecule has 7 heteroatoms. The highest BCUT2D eigenvalue weighted by molar-refractivity contribution is 7.91. The van der Waals surface area contributed by atoms with Crippen LogP contribution in [0.25, 0.3) is 6.08 Å². The van der Waals surface area contributed by atoms with Crippen LogP contribution in [-0.4, -0.2) is 44.4 Å². The monoisotopic (exact) mass is 349 g/mol. The molecular formula is C17H19NO5S. The Kier molecular flexibility index (Phi) is 4.45. The maximum absolute atomic E-state index is 12.2. The van der Waals surface area contributed by atoms with Crippen LogP contribution in [0.3, 0.4) is 0 Å². The van der Waals surface area contributed by atoms with Crippen LogP contribution < -0.4 is 4.90 Å². The first kappa shape index (κ1) is 16.7. The van der Waals surface area contributed by atoms with Gasteiger partial charge in [0.05, 0.1) is 24.2 Å². The van der Waals surface area contributed by atoms with E-state index in [0.29, 0.717) is 12.3 Å². The second-order valence-corrected chi connectivity index (χ2v) is 8.20. The maximum Gasteiger partial charge on any atom is 0.330 e. The highest BCUT2D eigenvalue weighted by Crippen LogP contribution is 2.37. The summed E-state index contributed by atoms with van der Waals surface area (Å²) in [4.78, 5) is 25.1. The molecule has 1 amide bonds. The zero-order chi connectivity index (χ0) is 17.3. The van der Waals surface area contributed by atoms with E-state index in [1.54, 1.807) is 42.2 Å². The van der Waals surface area contributed by atoms with Crippen molar-refractivity contribution in [3.05, 3.63) is 35.9 Å². The summed E-state index contributed by atoms with van der Waals surface area (Å²) in [7, 11) is -3.06. The molecule has 0 spiro atoms. The van der Waals surface area contributed by atoms with Gasteiger partial charge in [-0.25, -0.2) is 13.2 Å². The molecule has 0 N–H and O–H groups in total. The molecule has 0 aromatic heterocycles. The fraction of sp³-hybridized carbons (Fsp3) is 0.412. The Morgan fingerprint density at radius 2 is 2.00 bits per heavy atom. The van der Waals surface area contributed by atoms with Gasteiger partial charge < -0.3 is 9.64 Å². The summed E-state index contributed by atoms with van der Waals surface area (Å²) in [6.45, 7) is 2.06. The van der Waals surface area contributed by atoms with E-state index in [4.69, 9.17) is 4.74 Å². The van der Waals surface area contributed by atoms with E-state index in [1.165, 1.54) is 6.08 Å². The molecule has 2 aliphatic heterocycles. The number of benzene rings is 1. The number of sulfone groups is 1. The van der Waals surface area contributed by atoms with Crippen LogP contribution in [0.15, 0.2) is 30.3 Å². The smallest absolute Gasteiger partial charge is 0.330 e. The number of fused-ring (bicyclic) bond motifs is 1. The number of carbonyl (C=O) groups is 2. The van der Waals surface area contributed by atoms with Crippen LogP contribution in [0, 0.1) is 5.92 Å². The highest BCUT2D eigenvalue weighted by atomic mass is 32.2. The Morgan fingerprint density at radius 3 is 2.67 bits per heavy atom. The molecule has 2 saturated heterocycles. The number of anilines is 1. The first-order valence-electron chi connectivity index (χ1n) is 7.87. The van der Waals surface area contributed by atoms with Gasteiger partial charge in [0.25, 0.3) is 0 Å². The molecule has 2 atom stereocenters. The van der Waals surface area contributed by atoms with Crippen molar-refractivity contribution in [1.29, 1.82) is 0 Å². The van der Waals surface area contributed by atoms with Crippen molar-refractivity contribution >= 4 is 33.5 Å². The topological polar surface area (TPSA) is 80.8 Å². The lowest BCUT2D eigenvalue weighted by atomic mass is 10.0. The van der Waals surface area contributed by atoms with E-state index in [0.717, 1.165) is 5.56 Å². The largest absolute Gasteiger partial charge is 0.463 e. The number of amides is 1. The Hall–Kier alpha value is -2.15. The third kappa shape index (κ3) is 3.36. The molecule has 2 heterocycles. The molecule has 2 fully saturated rings. The third-order valence-electron chi connectivity index (χ3n) is 4.34. The molecule has 0 aliphatic carbocycles. The first-order chi connectivity index (χ1) is 11.4. The Balaban J connectivity index is 1.76. The zero-order valence-corrected chi connectivity index (χ0v) is 14.2. The minimum Gasteiger partial charge on any atom is -0.463 e. The standard InChI is InChI=1S/C17H19NO5S/c1-2-23-17(20)8-5-12-3-6-14(7-4-12)18-15-11-24(21,22)10-13(15)9-16(18)19/h3-8,13,15H,2,9-11H2,1H3/b8-5+. The Labute approximate surface area is 141 Å². The van der Waals surface area contributed by atoms with Gasteiger partial charge in [-0.05, 0) is 30.7 Å². The van der Waals surface area contributed by atoms with Gasteiger partial charge in [-0.3, -0.25) is 4.79 Å². The quantitative estimate of drug-likeness (QED) is 0.606. The highest BCUT2D eigenvalue weighted by Gasteiger charge is 2.49. The van der Waals surface area contributed by atoms with Crippen molar-refractivity contribution < 1.29 is 22.7 Å². The van der Waals surface area contributed by atoms with Crippen LogP contribution >= 0.6 is 0 Å². The van der Waals surface area contributed by atoms with Gasteiger partial charge in [-0.1, -0.05) is 12.1 Å². The minimum atomic E-state index is -3.06. The molecule has 0 saturated carbocycles. The Morgan fingerprint density at radius 1 is 1.29 bits per heavy atom. The average Bonchev–Trinajstić information content (AvgIpc) is 2.96. The second-order valence-electron chi connectivity index (χ2n) is 6.05. The number of carbonyl (C=O) groups excluding carboxylic acids is 2. The van der Waals surface area contributed by atoms with E-state index < -0.39 is 15.8 Å². The van der Waals surface area contributed by atoms with Gasteiger partial charge in [-0.15, -0.1) is 0 Å². The lowest BCUT2D eigenvalue weighted by molar-refractivity contribution is -0.137. The predicted molar refractivity (Wildman–Crippen MR) is 90.1 cm³/mol. The normalized spacial score (nSPS) is 25.2. The van der Waals surface area contributed by atoms with E-state index >= 15 is 0 Å². The summed E-state index contributed by atoms with van der Waals surface area (Å²) in [5.74, 6) is -0.412. The van der Waals surface area contributed by atoms with Crippen molar-refractivity contribution in [3.63, 3.8) is 0 Å². The van der Waals surface area contributed by atoms with Crippen molar-refractivity contribution in [3.8, 4) is 0 Å². The zero-order valence-electron chi connectivity index (χ0n) is 13.3. The summed E-state index contributed by atoms with van der Waals surface area (Å²) >= 11 is 0. The van der Waals surface area contributed by atoms with Crippen molar-refractivity contribution in [2.45, 2.75) is 19.4 Å². The Bertz CT molecular complexity index is 782. The molecule has 6 nitrogen and oxygen atoms in total. The van der Waals surface area contributed by atoms with E-state index in [1.807, 2.05) is 0 Å². The average molecular weight is 349 g/mol. The SMILES string of the molecule is CCOC(=O)/C=C/c1ccc(N2C(=O)CC3CS(=O)(=O)CC32)cc1. The van der Waals surface area contributed by atoms with Crippen LogP contribution in [0.2, 0.25) is 0 Å². The van der Waals surface area contributed by atoms with E-state index in [9.17, 15) is 18.0 Å². The molecule has 2 aliphatic rings.